The SMILES string of the molecule is CC(=O)Nc1cc2c(cc1OCCCCC1CCCCC1)C(=O)N(CC(=O)O)C2=O. The summed E-state index contributed by atoms with van der Waals surface area (Å²) in [5, 5.41) is 11.6. The van der Waals surface area contributed by atoms with E-state index in [0.29, 0.717) is 22.9 Å². The van der Waals surface area contributed by atoms with Gasteiger partial charge in [0.05, 0.1) is 23.4 Å². The maximum Gasteiger partial charge on any atom is 0.323 e. The molecule has 1 aromatic carbocycles. The number of hydrogen-bond acceptors (Lipinski definition) is 5. The first kappa shape index (κ1) is 21.8. The molecule has 0 saturated heterocycles. The van der Waals surface area contributed by atoms with E-state index in [9.17, 15) is 19.2 Å². The summed E-state index contributed by atoms with van der Waals surface area (Å²) in [4.78, 5) is 48.1. The van der Waals surface area contributed by atoms with E-state index in [1.54, 1.807) is 0 Å². The fourth-order valence-corrected chi connectivity index (χ4v) is 4.20. The van der Waals surface area contributed by atoms with E-state index < -0.39 is 24.3 Å². The van der Waals surface area contributed by atoms with Gasteiger partial charge in [0.2, 0.25) is 5.91 Å². The van der Waals surface area contributed by atoms with Gasteiger partial charge in [-0.15, -0.1) is 0 Å². The number of ether oxygens (including phenoxy) is 1. The number of amides is 3. The molecule has 0 unspecified atom stereocenters. The van der Waals surface area contributed by atoms with Gasteiger partial charge >= 0.3 is 5.97 Å². The van der Waals surface area contributed by atoms with Gasteiger partial charge in [-0.25, -0.2) is 0 Å². The van der Waals surface area contributed by atoms with E-state index in [0.717, 1.165) is 18.8 Å². The third-order valence-electron chi connectivity index (χ3n) is 5.66. The van der Waals surface area contributed by atoms with Crippen molar-refractivity contribution in [1.82, 2.24) is 4.90 Å². The van der Waals surface area contributed by atoms with Gasteiger partial charge in [-0.2, -0.15) is 0 Å². The fraction of sp³-hybridized carbons (Fsp3) is 0.545. The Kier molecular flexibility index (Phi) is 7.07. The lowest BCUT2D eigenvalue weighted by Gasteiger charge is -2.21. The van der Waals surface area contributed by atoms with Crippen LogP contribution in [0.4, 0.5) is 5.69 Å². The number of unbranched alkanes of at least 4 members (excludes halogenated alkanes) is 1. The van der Waals surface area contributed by atoms with Crippen molar-refractivity contribution in [1.29, 1.82) is 0 Å². The van der Waals surface area contributed by atoms with Gasteiger partial charge in [0.15, 0.2) is 0 Å². The van der Waals surface area contributed by atoms with Crippen LogP contribution >= 0.6 is 0 Å². The molecule has 8 heteroatoms. The van der Waals surface area contributed by atoms with Crippen molar-refractivity contribution in [3.8, 4) is 5.75 Å². The number of rotatable bonds is 9. The molecule has 1 fully saturated rings. The lowest BCUT2D eigenvalue weighted by atomic mass is 9.86. The summed E-state index contributed by atoms with van der Waals surface area (Å²) in [7, 11) is 0. The molecule has 1 aliphatic heterocycles. The summed E-state index contributed by atoms with van der Waals surface area (Å²) in [6, 6.07) is 2.81. The normalized spacial score (nSPS) is 16.5. The third-order valence-corrected chi connectivity index (χ3v) is 5.66. The molecule has 0 atom stereocenters. The largest absolute Gasteiger partial charge is 0.491 e. The summed E-state index contributed by atoms with van der Waals surface area (Å²) in [5.41, 5.74) is 0.453. The van der Waals surface area contributed by atoms with E-state index in [2.05, 4.69) is 5.32 Å². The topological polar surface area (TPSA) is 113 Å². The highest BCUT2D eigenvalue weighted by molar-refractivity contribution is 6.23. The number of fused-ring (bicyclic) bond motifs is 1. The van der Waals surface area contributed by atoms with Crippen molar-refractivity contribution in [3.63, 3.8) is 0 Å². The molecule has 3 amide bonds. The highest BCUT2D eigenvalue weighted by Gasteiger charge is 2.38. The maximum atomic E-state index is 12.5. The quantitative estimate of drug-likeness (QED) is 0.471. The Balaban J connectivity index is 1.67. The first-order valence-corrected chi connectivity index (χ1v) is 10.5. The molecule has 1 aromatic rings. The summed E-state index contributed by atoms with van der Waals surface area (Å²) >= 11 is 0. The van der Waals surface area contributed by atoms with Gasteiger partial charge < -0.3 is 15.2 Å². The lowest BCUT2D eigenvalue weighted by Crippen LogP contribution is -2.34. The number of carbonyl (C=O) groups excluding carboxylic acids is 3. The zero-order valence-electron chi connectivity index (χ0n) is 17.2. The molecule has 1 heterocycles. The van der Waals surface area contributed by atoms with Crippen LogP contribution in [0.5, 0.6) is 5.75 Å². The summed E-state index contributed by atoms with van der Waals surface area (Å²) in [6.07, 6.45) is 9.69. The van der Waals surface area contributed by atoms with Crippen LogP contribution < -0.4 is 10.1 Å². The highest BCUT2D eigenvalue weighted by atomic mass is 16.5. The smallest absolute Gasteiger partial charge is 0.323 e. The van der Waals surface area contributed by atoms with E-state index in [1.807, 2.05) is 0 Å². The molecule has 0 radical (unpaired) electrons. The Morgan fingerprint density at radius 3 is 2.40 bits per heavy atom. The van der Waals surface area contributed by atoms with E-state index in [4.69, 9.17) is 9.84 Å². The van der Waals surface area contributed by atoms with Crippen LogP contribution in [0.25, 0.3) is 0 Å². The summed E-state index contributed by atoms with van der Waals surface area (Å²) in [5.74, 6) is -1.87. The molecule has 2 aliphatic rings. The monoisotopic (exact) mass is 416 g/mol. The molecule has 162 valence electrons. The van der Waals surface area contributed by atoms with E-state index >= 15 is 0 Å². The van der Waals surface area contributed by atoms with Crippen LogP contribution in [0.1, 0.15) is 79.0 Å². The fourth-order valence-electron chi connectivity index (χ4n) is 4.20. The first-order valence-electron chi connectivity index (χ1n) is 10.5. The highest BCUT2D eigenvalue weighted by Crippen LogP contribution is 2.34. The van der Waals surface area contributed by atoms with Crippen LogP contribution in [-0.4, -0.2) is 46.8 Å². The molecule has 0 spiro atoms. The summed E-state index contributed by atoms with van der Waals surface area (Å²) in [6.45, 7) is 1.06. The Morgan fingerprint density at radius 1 is 1.10 bits per heavy atom. The minimum atomic E-state index is -1.28. The minimum Gasteiger partial charge on any atom is -0.491 e. The molecule has 8 nitrogen and oxygen atoms in total. The lowest BCUT2D eigenvalue weighted by molar-refractivity contribution is -0.137. The second kappa shape index (κ2) is 9.73. The molecule has 0 aromatic heterocycles. The minimum absolute atomic E-state index is 0.0645. The first-order chi connectivity index (χ1) is 14.4. The average molecular weight is 416 g/mol. The summed E-state index contributed by atoms with van der Waals surface area (Å²) < 4.78 is 5.84. The van der Waals surface area contributed by atoms with Crippen LogP contribution in [-0.2, 0) is 9.59 Å². The van der Waals surface area contributed by atoms with Crippen molar-refractivity contribution >= 4 is 29.4 Å². The van der Waals surface area contributed by atoms with E-state index in [-0.39, 0.29) is 17.0 Å². The molecule has 1 saturated carbocycles. The Morgan fingerprint density at radius 2 is 1.77 bits per heavy atom. The number of hydrogen-bond donors (Lipinski definition) is 2. The zero-order valence-corrected chi connectivity index (χ0v) is 17.2. The number of benzene rings is 1. The standard InChI is InChI=1S/C22H28N2O6/c1-14(25)23-18-11-16-17(22(29)24(21(16)28)13-20(26)27)12-19(18)30-10-6-5-9-15-7-3-2-4-8-15/h11-12,15H,2-10,13H2,1H3,(H,23,25)(H,26,27). The van der Waals surface area contributed by atoms with Crippen molar-refractivity contribution < 1.29 is 29.0 Å². The van der Waals surface area contributed by atoms with Gasteiger partial charge in [-0.1, -0.05) is 38.5 Å². The molecular weight excluding hydrogens is 388 g/mol. The van der Waals surface area contributed by atoms with Gasteiger partial charge in [-0.3, -0.25) is 24.1 Å². The molecule has 1 aliphatic carbocycles. The van der Waals surface area contributed by atoms with Crippen LogP contribution in [0.3, 0.4) is 0 Å². The number of carbonyl (C=O) groups is 4. The van der Waals surface area contributed by atoms with Crippen molar-refractivity contribution in [3.05, 3.63) is 23.3 Å². The van der Waals surface area contributed by atoms with Gasteiger partial charge in [0, 0.05) is 6.92 Å². The number of nitrogens with zero attached hydrogens (tertiary/aromatic N) is 1. The zero-order chi connectivity index (χ0) is 21.7. The van der Waals surface area contributed by atoms with Crippen LogP contribution in [0.15, 0.2) is 12.1 Å². The number of anilines is 1. The number of aliphatic carboxylic acids is 1. The third kappa shape index (κ3) is 5.17. The maximum absolute atomic E-state index is 12.5. The van der Waals surface area contributed by atoms with Crippen molar-refractivity contribution in [2.75, 3.05) is 18.5 Å². The second-order valence-electron chi connectivity index (χ2n) is 8.01. The molecule has 2 N–H and O–H groups in total. The van der Waals surface area contributed by atoms with E-state index in [1.165, 1.54) is 57.6 Å². The predicted molar refractivity (Wildman–Crippen MR) is 110 cm³/mol. The Bertz CT molecular complexity index is 844. The number of carboxylic acids is 1. The second-order valence-corrected chi connectivity index (χ2v) is 8.01. The van der Waals surface area contributed by atoms with Crippen LogP contribution in [0.2, 0.25) is 0 Å². The molecule has 0 bridgehead atoms. The Hall–Kier alpha value is -2.90. The number of carboxylic acid groups (broad SMARTS) is 1. The predicted octanol–water partition coefficient (Wildman–Crippen LogP) is 3.46. The van der Waals surface area contributed by atoms with Crippen molar-refractivity contribution in [2.24, 2.45) is 5.92 Å². The number of imide groups is 1. The molecular formula is C22H28N2O6. The van der Waals surface area contributed by atoms with Crippen LogP contribution in [0, 0.1) is 5.92 Å². The van der Waals surface area contributed by atoms with Gasteiger partial charge in [0.25, 0.3) is 11.8 Å². The van der Waals surface area contributed by atoms with Gasteiger partial charge in [-0.05, 0) is 30.9 Å². The average Bonchev–Trinajstić information content (AvgIpc) is 2.92. The molecule has 3 rings (SSSR count). The molecule has 30 heavy (non-hydrogen) atoms. The van der Waals surface area contributed by atoms with Gasteiger partial charge in [0.1, 0.15) is 12.3 Å². The Labute approximate surface area is 175 Å². The van der Waals surface area contributed by atoms with Crippen molar-refractivity contribution in [2.45, 2.75) is 58.3 Å². The number of nitrogens with one attached hydrogen (secondary N) is 1.